The molecule has 0 bridgehead atoms. The van der Waals surface area contributed by atoms with E-state index in [-0.39, 0.29) is 0 Å². The highest BCUT2D eigenvalue weighted by molar-refractivity contribution is 6.32. The highest BCUT2D eigenvalue weighted by Gasteiger charge is 2.06. The summed E-state index contributed by atoms with van der Waals surface area (Å²) >= 11 is 6.15. The molecular formula is C16H9ClN2. The van der Waals surface area contributed by atoms with Crippen LogP contribution in [0.3, 0.4) is 0 Å². The molecule has 2 aromatic carbocycles. The predicted octanol–water partition coefficient (Wildman–Crippen LogP) is 4.43. The highest BCUT2D eigenvalue weighted by atomic mass is 35.5. The molecule has 0 saturated carbocycles. The second kappa shape index (κ2) is 4.72. The summed E-state index contributed by atoms with van der Waals surface area (Å²) in [5.74, 6) is 0. The van der Waals surface area contributed by atoms with Gasteiger partial charge in [-0.1, -0.05) is 23.7 Å². The van der Waals surface area contributed by atoms with Crippen molar-refractivity contribution < 1.29 is 0 Å². The van der Waals surface area contributed by atoms with Gasteiger partial charge in [-0.2, -0.15) is 5.26 Å². The van der Waals surface area contributed by atoms with E-state index in [4.69, 9.17) is 16.9 Å². The largest absolute Gasteiger partial charge is 0.264 e. The van der Waals surface area contributed by atoms with Gasteiger partial charge in [-0.25, -0.2) is 0 Å². The van der Waals surface area contributed by atoms with Crippen LogP contribution < -0.4 is 0 Å². The molecule has 1 aromatic heterocycles. The molecule has 0 fully saturated rings. The molecule has 0 atom stereocenters. The van der Waals surface area contributed by atoms with Crippen LogP contribution in [0.2, 0.25) is 5.02 Å². The maximum Gasteiger partial charge on any atom is 0.0991 e. The van der Waals surface area contributed by atoms with Crippen molar-refractivity contribution in [1.29, 1.82) is 5.26 Å². The number of nitriles is 1. The summed E-state index contributed by atoms with van der Waals surface area (Å²) in [6.07, 6.45) is 3.55. The molecular weight excluding hydrogens is 256 g/mol. The minimum absolute atomic E-state index is 0.639. The Morgan fingerprint density at radius 3 is 2.84 bits per heavy atom. The smallest absolute Gasteiger partial charge is 0.0991 e. The Morgan fingerprint density at radius 1 is 1.11 bits per heavy atom. The van der Waals surface area contributed by atoms with Crippen LogP contribution in [-0.2, 0) is 0 Å². The van der Waals surface area contributed by atoms with Crippen LogP contribution in [0.15, 0.2) is 54.9 Å². The molecule has 0 spiro atoms. The first-order valence-electron chi connectivity index (χ1n) is 5.82. The van der Waals surface area contributed by atoms with Gasteiger partial charge in [0, 0.05) is 22.8 Å². The van der Waals surface area contributed by atoms with Crippen LogP contribution in [0.1, 0.15) is 5.56 Å². The summed E-state index contributed by atoms with van der Waals surface area (Å²) < 4.78 is 0. The van der Waals surface area contributed by atoms with Crippen LogP contribution in [0.25, 0.3) is 21.9 Å². The molecule has 0 aliphatic carbocycles. The summed E-state index contributed by atoms with van der Waals surface area (Å²) in [4.78, 5) is 4.11. The first kappa shape index (κ1) is 11.7. The van der Waals surface area contributed by atoms with Gasteiger partial charge in [0.25, 0.3) is 0 Å². The zero-order chi connectivity index (χ0) is 13.2. The van der Waals surface area contributed by atoms with E-state index in [1.54, 1.807) is 18.5 Å². The number of fused-ring (bicyclic) bond motifs is 1. The molecule has 1 heterocycles. The fourth-order valence-electron chi connectivity index (χ4n) is 2.17. The normalized spacial score (nSPS) is 10.3. The van der Waals surface area contributed by atoms with Crippen molar-refractivity contribution in [2.45, 2.75) is 0 Å². The fraction of sp³-hybridized carbons (Fsp3) is 0. The Balaban J connectivity index is 2.32. The standard InChI is InChI=1S/C16H9ClN2/c17-14-7-13-10-19-5-4-15(13)16(8-14)12-3-1-2-11(6-12)9-18/h1-8,10H. The first-order chi connectivity index (χ1) is 9.28. The van der Waals surface area contributed by atoms with E-state index in [9.17, 15) is 0 Å². The van der Waals surface area contributed by atoms with Crippen molar-refractivity contribution in [2.24, 2.45) is 0 Å². The van der Waals surface area contributed by atoms with Crippen LogP contribution in [0, 0.1) is 11.3 Å². The molecule has 0 saturated heterocycles. The van der Waals surface area contributed by atoms with E-state index >= 15 is 0 Å². The van der Waals surface area contributed by atoms with Crippen molar-refractivity contribution >= 4 is 22.4 Å². The molecule has 2 nitrogen and oxygen atoms in total. The van der Waals surface area contributed by atoms with E-state index in [1.165, 1.54) is 0 Å². The topological polar surface area (TPSA) is 36.7 Å². The van der Waals surface area contributed by atoms with Gasteiger partial charge in [0.05, 0.1) is 11.6 Å². The lowest BCUT2D eigenvalue weighted by Crippen LogP contribution is -1.84. The molecule has 0 aliphatic rings. The maximum atomic E-state index is 8.99. The molecule has 3 rings (SSSR count). The van der Waals surface area contributed by atoms with Gasteiger partial charge in [0.1, 0.15) is 0 Å². The number of rotatable bonds is 1. The number of benzene rings is 2. The minimum atomic E-state index is 0.639. The van der Waals surface area contributed by atoms with Crippen LogP contribution in [0.5, 0.6) is 0 Å². The van der Waals surface area contributed by atoms with Crippen molar-refractivity contribution in [3.63, 3.8) is 0 Å². The third-order valence-corrected chi connectivity index (χ3v) is 3.24. The summed E-state index contributed by atoms with van der Waals surface area (Å²) in [5.41, 5.74) is 2.64. The van der Waals surface area contributed by atoms with Crippen LogP contribution in [0.4, 0.5) is 0 Å². The van der Waals surface area contributed by atoms with Crippen molar-refractivity contribution in [2.75, 3.05) is 0 Å². The fourth-order valence-corrected chi connectivity index (χ4v) is 2.39. The number of hydrogen-bond acceptors (Lipinski definition) is 2. The third-order valence-electron chi connectivity index (χ3n) is 3.02. The summed E-state index contributed by atoms with van der Waals surface area (Å²) in [6, 6.07) is 15.4. The zero-order valence-electron chi connectivity index (χ0n) is 9.97. The lowest BCUT2D eigenvalue weighted by Gasteiger charge is -2.08. The monoisotopic (exact) mass is 264 g/mol. The van der Waals surface area contributed by atoms with Gasteiger partial charge >= 0.3 is 0 Å². The van der Waals surface area contributed by atoms with Crippen LogP contribution >= 0.6 is 11.6 Å². The Hall–Kier alpha value is -2.37. The molecule has 0 N–H and O–H groups in total. The Bertz CT molecular complexity index is 803. The maximum absolute atomic E-state index is 8.99. The quantitative estimate of drug-likeness (QED) is 0.652. The van der Waals surface area contributed by atoms with Gasteiger partial charge < -0.3 is 0 Å². The van der Waals surface area contributed by atoms with Crippen molar-refractivity contribution in [1.82, 2.24) is 4.98 Å². The number of hydrogen-bond donors (Lipinski definition) is 0. The third kappa shape index (κ3) is 2.16. The molecule has 0 aliphatic heterocycles. The Kier molecular flexibility index (Phi) is 2.91. The Labute approximate surface area is 115 Å². The van der Waals surface area contributed by atoms with E-state index in [2.05, 4.69) is 11.1 Å². The van der Waals surface area contributed by atoms with E-state index in [1.807, 2.05) is 36.4 Å². The number of pyridine rings is 1. The molecule has 3 aromatic rings. The molecule has 19 heavy (non-hydrogen) atoms. The lowest BCUT2D eigenvalue weighted by atomic mass is 9.98. The van der Waals surface area contributed by atoms with Gasteiger partial charge in [0.15, 0.2) is 0 Å². The van der Waals surface area contributed by atoms with Gasteiger partial charge in [-0.15, -0.1) is 0 Å². The average Bonchev–Trinajstić information content (AvgIpc) is 2.46. The molecule has 90 valence electrons. The highest BCUT2D eigenvalue weighted by Crippen LogP contribution is 2.31. The van der Waals surface area contributed by atoms with Gasteiger partial charge in [-0.05, 0) is 46.8 Å². The lowest BCUT2D eigenvalue weighted by molar-refractivity contribution is 1.36. The predicted molar refractivity (Wildman–Crippen MR) is 76.9 cm³/mol. The van der Waals surface area contributed by atoms with Crippen molar-refractivity contribution in [3.8, 4) is 17.2 Å². The molecule has 0 unspecified atom stereocenters. The molecule has 0 amide bonds. The molecule has 0 radical (unpaired) electrons. The van der Waals surface area contributed by atoms with Crippen LogP contribution in [-0.4, -0.2) is 4.98 Å². The van der Waals surface area contributed by atoms with Gasteiger partial charge in [-0.3, -0.25) is 4.98 Å². The Morgan fingerprint density at radius 2 is 2.00 bits per heavy atom. The van der Waals surface area contributed by atoms with Crippen molar-refractivity contribution in [3.05, 3.63) is 65.4 Å². The number of aromatic nitrogens is 1. The van der Waals surface area contributed by atoms with E-state index < -0.39 is 0 Å². The van der Waals surface area contributed by atoms with E-state index in [0.717, 1.165) is 21.9 Å². The van der Waals surface area contributed by atoms with Gasteiger partial charge in [0.2, 0.25) is 0 Å². The first-order valence-corrected chi connectivity index (χ1v) is 6.19. The second-order valence-electron chi connectivity index (χ2n) is 4.24. The summed E-state index contributed by atoms with van der Waals surface area (Å²) in [6.45, 7) is 0. The SMILES string of the molecule is N#Cc1cccc(-c2cc(Cl)cc3cnccc23)c1. The zero-order valence-corrected chi connectivity index (χ0v) is 10.7. The molecule has 3 heteroatoms. The summed E-state index contributed by atoms with van der Waals surface area (Å²) in [7, 11) is 0. The average molecular weight is 265 g/mol. The minimum Gasteiger partial charge on any atom is -0.264 e. The second-order valence-corrected chi connectivity index (χ2v) is 4.68. The number of nitrogens with zero attached hydrogens (tertiary/aromatic N) is 2. The number of halogens is 1. The van der Waals surface area contributed by atoms with E-state index in [0.29, 0.717) is 10.6 Å². The summed E-state index contributed by atoms with van der Waals surface area (Å²) in [5, 5.41) is 11.7.